The van der Waals surface area contributed by atoms with Crippen molar-refractivity contribution in [3.63, 3.8) is 0 Å². The molecular weight excluding hydrogens is 364 g/mol. The highest BCUT2D eigenvalue weighted by Crippen LogP contribution is 2.25. The minimum Gasteiger partial charge on any atom is -0.484 e. The lowest BCUT2D eigenvalue weighted by molar-refractivity contribution is -0.118. The molecule has 0 unspecified atom stereocenters. The molecule has 0 atom stereocenters. The SMILES string of the molecule is O=C(COc1ccc(Cl)cc1)Nc1cccc(-c2nnc3n2CCCC3)c1. The number of carbonyl (C=O) groups excluding carboxylic acids is 1. The van der Waals surface area contributed by atoms with E-state index >= 15 is 0 Å². The van der Waals surface area contributed by atoms with E-state index in [0.717, 1.165) is 43.0 Å². The standard InChI is InChI=1S/C20H19ClN4O2/c21-15-7-9-17(10-8-15)27-13-19(26)22-16-5-3-4-14(12-16)20-24-23-18-6-1-2-11-25(18)20/h3-5,7-10,12H,1-2,6,11,13H2,(H,22,26). The molecule has 1 N–H and O–H groups in total. The number of carbonyl (C=O) groups is 1. The third-order valence-corrected chi connectivity index (χ3v) is 4.70. The van der Waals surface area contributed by atoms with Crippen LogP contribution in [0.5, 0.6) is 5.75 Å². The van der Waals surface area contributed by atoms with Crippen LogP contribution in [0.25, 0.3) is 11.4 Å². The van der Waals surface area contributed by atoms with Gasteiger partial charge in [0.25, 0.3) is 5.91 Å². The molecule has 0 fully saturated rings. The summed E-state index contributed by atoms with van der Waals surface area (Å²) >= 11 is 5.84. The van der Waals surface area contributed by atoms with Crippen molar-refractivity contribution in [3.8, 4) is 17.1 Å². The molecule has 0 radical (unpaired) electrons. The maximum absolute atomic E-state index is 12.2. The van der Waals surface area contributed by atoms with Gasteiger partial charge in [0.15, 0.2) is 12.4 Å². The molecule has 138 valence electrons. The summed E-state index contributed by atoms with van der Waals surface area (Å²) in [5.74, 6) is 2.24. The zero-order valence-corrected chi connectivity index (χ0v) is 15.4. The number of aryl methyl sites for hydroxylation is 1. The molecular formula is C20H19ClN4O2. The van der Waals surface area contributed by atoms with Crippen LogP contribution in [0.3, 0.4) is 0 Å². The fraction of sp³-hybridized carbons (Fsp3) is 0.250. The highest BCUT2D eigenvalue weighted by atomic mass is 35.5. The lowest BCUT2D eigenvalue weighted by atomic mass is 10.1. The molecule has 0 spiro atoms. The smallest absolute Gasteiger partial charge is 0.262 e. The Hall–Kier alpha value is -2.86. The summed E-state index contributed by atoms with van der Waals surface area (Å²) in [6, 6.07) is 14.5. The molecule has 27 heavy (non-hydrogen) atoms. The Bertz CT molecular complexity index is 953. The highest BCUT2D eigenvalue weighted by Gasteiger charge is 2.17. The summed E-state index contributed by atoms with van der Waals surface area (Å²) in [6.07, 6.45) is 3.25. The van der Waals surface area contributed by atoms with E-state index < -0.39 is 0 Å². The van der Waals surface area contributed by atoms with Crippen LogP contribution in [0.1, 0.15) is 18.7 Å². The molecule has 0 saturated carbocycles. The maximum Gasteiger partial charge on any atom is 0.262 e. The van der Waals surface area contributed by atoms with E-state index in [-0.39, 0.29) is 12.5 Å². The fourth-order valence-electron chi connectivity index (χ4n) is 3.13. The number of benzene rings is 2. The van der Waals surface area contributed by atoms with Crippen LogP contribution in [-0.2, 0) is 17.8 Å². The molecule has 6 nitrogen and oxygen atoms in total. The minimum atomic E-state index is -0.231. The van der Waals surface area contributed by atoms with Crippen LogP contribution in [0.2, 0.25) is 5.02 Å². The van der Waals surface area contributed by atoms with Crippen molar-refractivity contribution >= 4 is 23.2 Å². The van der Waals surface area contributed by atoms with Gasteiger partial charge in [0.05, 0.1) is 0 Å². The van der Waals surface area contributed by atoms with Crippen LogP contribution >= 0.6 is 11.6 Å². The molecule has 0 bridgehead atoms. The predicted molar refractivity (Wildman–Crippen MR) is 104 cm³/mol. The van der Waals surface area contributed by atoms with E-state index in [0.29, 0.717) is 16.5 Å². The van der Waals surface area contributed by atoms with E-state index in [1.807, 2.05) is 24.3 Å². The highest BCUT2D eigenvalue weighted by molar-refractivity contribution is 6.30. The quantitative estimate of drug-likeness (QED) is 0.725. The van der Waals surface area contributed by atoms with Gasteiger partial charge in [-0.1, -0.05) is 23.7 Å². The number of nitrogens with one attached hydrogen (secondary N) is 1. The zero-order chi connectivity index (χ0) is 18.6. The Morgan fingerprint density at radius 1 is 1.15 bits per heavy atom. The normalized spacial score (nSPS) is 13.1. The number of rotatable bonds is 5. The largest absolute Gasteiger partial charge is 0.484 e. The summed E-state index contributed by atoms with van der Waals surface area (Å²) in [7, 11) is 0. The van der Waals surface area contributed by atoms with Gasteiger partial charge in [-0.15, -0.1) is 10.2 Å². The number of fused-ring (bicyclic) bond motifs is 1. The van der Waals surface area contributed by atoms with Crippen molar-refractivity contribution in [1.29, 1.82) is 0 Å². The summed E-state index contributed by atoms with van der Waals surface area (Å²) in [5, 5.41) is 12.1. The molecule has 4 rings (SSSR count). The van der Waals surface area contributed by atoms with Crippen molar-refractivity contribution in [2.45, 2.75) is 25.8 Å². The van der Waals surface area contributed by atoms with Crippen molar-refractivity contribution in [1.82, 2.24) is 14.8 Å². The average molecular weight is 383 g/mol. The van der Waals surface area contributed by atoms with E-state index in [1.54, 1.807) is 24.3 Å². The molecule has 7 heteroatoms. The van der Waals surface area contributed by atoms with Gasteiger partial charge >= 0.3 is 0 Å². The van der Waals surface area contributed by atoms with Gasteiger partial charge in [-0.25, -0.2) is 0 Å². The van der Waals surface area contributed by atoms with Gasteiger partial charge in [-0.05, 0) is 49.2 Å². The van der Waals surface area contributed by atoms with E-state index in [9.17, 15) is 4.79 Å². The van der Waals surface area contributed by atoms with Gasteiger partial charge < -0.3 is 14.6 Å². The molecule has 3 aromatic rings. The topological polar surface area (TPSA) is 69.0 Å². The summed E-state index contributed by atoms with van der Waals surface area (Å²) in [5.41, 5.74) is 1.64. The van der Waals surface area contributed by atoms with Crippen LogP contribution in [0.15, 0.2) is 48.5 Å². The number of anilines is 1. The third-order valence-electron chi connectivity index (χ3n) is 4.45. The zero-order valence-electron chi connectivity index (χ0n) is 14.7. The molecule has 1 amide bonds. The Morgan fingerprint density at radius 3 is 2.85 bits per heavy atom. The van der Waals surface area contributed by atoms with E-state index in [4.69, 9.17) is 16.3 Å². The van der Waals surface area contributed by atoms with Gasteiger partial charge in [0.1, 0.15) is 11.6 Å². The van der Waals surface area contributed by atoms with Crippen molar-refractivity contribution < 1.29 is 9.53 Å². The van der Waals surface area contributed by atoms with Crippen LogP contribution in [-0.4, -0.2) is 27.3 Å². The van der Waals surface area contributed by atoms with Crippen molar-refractivity contribution in [2.24, 2.45) is 0 Å². The molecule has 2 heterocycles. The number of aromatic nitrogens is 3. The number of nitrogens with zero attached hydrogens (tertiary/aromatic N) is 3. The molecule has 1 aliphatic heterocycles. The van der Waals surface area contributed by atoms with Crippen LogP contribution in [0.4, 0.5) is 5.69 Å². The van der Waals surface area contributed by atoms with Crippen molar-refractivity contribution in [2.75, 3.05) is 11.9 Å². The minimum absolute atomic E-state index is 0.0772. The summed E-state index contributed by atoms with van der Waals surface area (Å²) in [4.78, 5) is 12.2. The second-order valence-electron chi connectivity index (χ2n) is 6.42. The van der Waals surface area contributed by atoms with Gasteiger partial charge in [0, 0.05) is 29.2 Å². The number of hydrogen-bond donors (Lipinski definition) is 1. The first-order valence-electron chi connectivity index (χ1n) is 8.90. The van der Waals surface area contributed by atoms with Crippen molar-refractivity contribution in [3.05, 3.63) is 59.4 Å². The molecule has 1 aliphatic rings. The molecule has 1 aromatic heterocycles. The van der Waals surface area contributed by atoms with Gasteiger partial charge in [-0.2, -0.15) is 0 Å². The Kier molecular flexibility index (Phi) is 5.07. The van der Waals surface area contributed by atoms with E-state index in [1.165, 1.54) is 0 Å². The Labute approximate surface area is 162 Å². The lowest BCUT2D eigenvalue weighted by Crippen LogP contribution is -2.20. The first-order chi connectivity index (χ1) is 13.2. The fourth-order valence-corrected chi connectivity index (χ4v) is 3.26. The molecule has 0 aliphatic carbocycles. The van der Waals surface area contributed by atoms with E-state index in [2.05, 4.69) is 20.1 Å². The first-order valence-corrected chi connectivity index (χ1v) is 9.27. The van der Waals surface area contributed by atoms with Crippen LogP contribution in [0, 0.1) is 0 Å². The van der Waals surface area contributed by atoms with Gasteiger partial charge in [-0.3, -0.25) is 4.79 Å². The molecule has 0 saturated heterocycles. The predicted octanol–water partition coefficient (Wildman–Crippen LogP) is 3.95. The second kappa shape index (κ2) is 7.80. The number of halogens is 1. The average Bonchev–Trinajstić information content (AvgIpc) is 3.12. The number of ether oxygens (including phenoxy) is 1. The Balaban J connectivity index is 1.42. The maximum atomic E-state index is 12.2. The summed E-state index contributed by atoms with van der Waals surface area (Å²) in [6.45, 7) is 0.857. The lowest BCUT2D eigenvalue weighted by Gasteiger charge is -2.15. The molecule has 2 aromatic carbocycles. The summed E-state index contributed by atoms with van der Waals surface area (Å²) < 4.78 is 7.64. The van der Waals surface area contributed by atoms with Gasteiger partial charge in [0.2, 0.25) is 0 Å². The third kappa shape index (κ3) is 4.11. The number of amides is 1. The second-order valence-corrected chi connectivity index (χ2v) is 6.86. The monoisotopic (exact) mass is 382 g/mol. The first kappa shape index (κ1) is 17.5. The van der Waals surface area contributed by atoms with Crippen LogP contribution < -0.4 is 10.1 Å². The Morgan fingerprint density at radius 2 is 2.00 bits per heavy atom. The number of hydrogen-bond acceptors (Lipinski definition) is 4.